The van der Waals surface area contributed by atoms with E-state index in [1.165, 1.54) is 18.2 Å². The highest BCUT2D eigenvalue weighted by Gasteiger charge is 2.28. The van der Waals surface area contributed by atoms with Gasteiger partial charge < -0.3 is 9.74 Å². The molecule has 0 spiro atoms. The minimum Gasteiger partial charge on any atom is -0.387 e. The smallest absolute Gasteiger partial charge is 0.161 e. The minimum atomic E-state index is -0.521. The molecule has 0 radical (unpaired) electrons. The molecule has 0 amide bonds. The van der Waals surface area contributed by atoms with Crippen LogP contribution >= 0.6 is 15.9 Å². The van der Waals surface area contributed by atoms with E-state index < -0.39 is 6.10 Å². The number of rotatable bonds is 5. The van der Waals surface area contributed by atoms with Crippen LogP contribution < -0.4 is 0 Å². The van der Waals surface area contributed by atoms with Crippen molar-refractivity contribution in [2.75, 3.05) is 13.6 Å². The maximum Gasteiger partial charge on any atom is 0.161 e. The third-order valence-electron chi connectivity index (χ3n) is 4.47. The predicted octanol–water partition coefficient (Wildman–Crippen LogP) is 5.51. The SMILES string of the molecule is CCN(C)C=Nc1cc(F)c(C2CC(c3ccc(F)cc3Br)=NO2)cc1C. The number of hydrogen-bond acceptors (Lipinski definition) is 3. The molecule has 7 heteroatoms. The Labute approximate surface area is 165 Å². The van der Waals surface area contributed by atoms with Crippen molar-refractivity contribution in [3.63, 3.8) is 0 Å². The van der Waals surface area contributed by atoms with Crippen molar-refractivity contribution in [3.05, 3.63) is 63.1 Å². The minimum absolute atomic E-state index is 0.340. The first kappa shape index (κ1) is 19.5. The standard InChI is InChI=1S/C20H20BrF2N3O/c1-4-26(3)11-24-18-9-17(23)15(7-12(18)2)20-10-19(25-27-20)14-6-5-13(22)8-16(14)21/h5-9,11,20H,4,10H2,1-3H3. The van der Waals surface area contributed by atoms with E-state index in [2.05, 4.69) is 26.1 Å². The molecule has 0 bridgehead atoms. The number of halogens is 3. The third-order valence-corrected chi connectivity index (χ3v) is 5.12. The molecule has 0 saturated carbocycles. The second-order valence-electron chi connectivity index (χ2n) is 6.44. The lowest BCUT2D eigenvalue weighted by Crippen LogP contribution is -2.14. The summed E-state index contributed by atoms with van der Waals surface area (Å²) >= 11 is 3.33. The highest BCUT2D eigenvalue weighted by atomic mass is 79.9. The highest BCUT2D eigenvalue weighted by molar-refractivity contribution is 9.10. The maximum atomic E-state index is 14.7. The molecule has 4 nitrogen and oxygen atoms in total. The van der Waals surface area contributed by atoms with Crippen LogP contribution in [0.15, 0.2) is 45.0 Å². The van der Waals surface area contributed by atoms with Gasteiger partial charge in [0.2, 0.25) is 0 Å². The maximum absolute atomic E-state index is 14.7. The van der Waals surface area contributed by atoms with Crippen molar-refractivity contribution < 1.29 is 13.6 Å². The Balaban J connectivity index is 1.80. The summed E-state index contributed by atoms with van der Waals surface area (Å²) in [6.07, 6.45) is 1.56. The summed E-state index contributed by atoms with van der Waals surface area (Å²) in [7, 11) is 1.91. The van der Waals surface area contributed by atoms with Crippen LogP contribution in [0.4, 0.5) is 14.5 Å². The number of nitrogens with zero attached hydrogens (tertiary/aromatic N) is 3. The average Bonchev–Trinajstić information content (AvgIpc) is 3.11. The molecular formula is C20H20BrF2N3O. The first-order valence-corrected chi connectivity index (χ1v) is 9.41. The second kappa shape index (κ2) is 8.17. The molecule has 1 unspecified atom stereocenters. The van der Waals surface area contributed by atoms with E-state index >= 15 is 0 Å². The van der Waals surface area contributed by atoms with Crippen LogP contribution in [0, 0.1) is 18.6 Å². The van der Waals surface area contributed by atoms with Crippen molar-refractivity contribution in [2.45, 2.75) is 26.4 Å². The molecule has 2 aromatic carbocycles. The van der Waals surface area contributed by atoms with Gasteiger partial charge in [-0.1, -0.05) is 21.1 Å². The Morgan fingerprint density at radius 3 is 2.81 bits per heavy atom. The number of oxime groups is 1. The van der Waals surface area contributed by atoms with Crippen LogP contribution in [0.25, 0.3) is 0 Å². The normalized spacial score (nSPS) is 16.5. The summed E-state index contributed by atoms with van der Waals surface area (Å²) in [5.41, 5.74) is 3.26. The van der Waals surface area contributed by atoms with Gasteiger partial charge in [-0.05, 0) is 43.7 Å². The van der Waals surface area contributed by atoms with E-state index in [1.54, 1.807) is 18.5 Å². The van der Waals surface area contributed by atoms with Gasteiger partial charge in [-0.25, -0.2) is 13.8 Å². The molecule has 2 aromatic rings. The van der Waals surface area contributed by atoms with Crippen molar-refractivity contribution in [2.24, 2.45) is 10.1 Å². The van der Waals surface area contributed by atoms with Crippen LogP contribution in [0.3, 0.4) is 0 Å². The summed E-state index contributed by atoms with van der Waals surface area (Å²) in [6.45, 7) is 4.71. The van der Waals surface area contributed by atoms with E-state index in [4.69, 9.17) is 4.84 Å². The van der Waals surface area contributed by atoms with Crippen LogP contribution in [0.1, 0.15) is 36.1 Å². The molecule has 1 atom stereocenters. The number of hydrogen-bond donors (Lipinski definition) is 0. The molecule has 3 rings (SSSR count). The fraction of sp³-hybridized carbons (Fsp3) is 0.300. The summed E-state index contributed by atoms with van der Waals surface area (Å²) in [4.78, 5) is 11.7. The zero-order valence-electron chi connectivity index (χ0n) is 15.3. The van der Waals surface area contributed by atoms with E-state index in [1.807, 2.05) is 25.8 Å². The van der Waals surface area contributed by atoms with Crippen LogP contribution in [-0.2, 0) is 4.84 Å². The average molecular weight is 436 g/mol. The van der Waals surface area contributed by atoms with Crippen molar-refractivity contribution in [1.29, 1.82) is 0 Å². The van der Waals surface area contributed by atoms with Gasteiger partial charge in [-0.2, -0.15) is 0 Å². The van der Waals surface area contributed by atoms with E-state index in [-0.39, 0.29) is 11.6 Å². The van der Waals surface area contributed by atoms with E-state index in [9.17, 15) is 8.78 Å². The summed E-state index contributed by atoms with van der Waals surface area (Å²) in [5, 5.41) is 4.08. The molecular weight excluding hydrogens is 416 g/mol. The highest BCUT2D eigenvalue weighted by Crippen LogP contribution is 2.35. The Kier molecular flexibility index (Phi) is 5.89. The van der Waals surface area contributed by atoms with Crippen LogP contribution in [-0.4, -0.2) is 30.5 Å². The van der Waals surface area contributed by atoms with Gasteiger partial charge in [0.1, 0.15) is 11.6 Å². The Bertz CT molecular complexity index is 914. The van der Waals surface area contributed by atoms with Crippen molar-refractivity contribution in [3.8, 4) is 0 Å². The fourth-order valence-corrected chi connectivity index (χ4v) is 3.33. The lowest BCUT2D eigenvalue weighted by atomic mass is 9.98. The predicted molar refractivity (Wildman–Crippen MR) is 107 cm³/mol. The molecule has 0 N–H and O–H groups in total. The molecule has 27 heavy (non-hydrogen) atoms. The van der Waals surface area contributed by atoms with Crippen LogP contribution in [0.5, 0.6) is 0 Å². The third kappa shape index (κ3) is 4.35. The molecule has 0 aromatic heterocycles. The lowest BCUT2D eigenvalue weighted by molar-refractivity contribution is 0.0829. The second-order valence-corrected chi connectivity index (χ2v) is 7.29. The topological polar surface area (TPSA) is 37.2 Å². The molecule has 0 fully saturated rings. The largest absolute Gasteiger partial charge is 0.387 e. The molecule has 1 heterocycles. The quantitative estimate of drug-likeness (QED) is 0.458. The Morgan fingerprint density at radius 1 is 1.33 bits per heavy atom. The summed E-state index contributed by atoms with van der Waals surface area (Å²) in [5.74, 6) is -0.722. The fourth-order valence-electron chi connectivity index (χ4n) is 2.75. The van der Waals surface area contributed by atoms with Gasteiger partial charge in [0.05, 0.1) is 17.7 Å². The molecule has 1 aliphatic rings. The molecule has 142 valence electrons. The first-order valence-electron chi connectivity index (χ1n) is 8.61. The van der Waals surface area contributed by atoms with Gasteiger partial charge in [-0.3, -0.25) is 0 Å². The lowest BCUT2D eigenvalue weighted by Gasteiger charge is -2.13. The zero-order chi connectivity index (χ0) is 19.6. The Hall–Kier alpha value is -2.28. The Morgan fingerprint density at radius 2 is 2.11 bits per heavy atom. The van der Waals surface area contributed by atoms with Gasteiger partial charge in [0.15, 0.2) is 6.10 Å². The molecule has 1 aliphatic heterocycles. The van der Waals surface area contributed by atoms with Gasteiger partial charge in [0.25, 0.3) is 0 Å². The van der Waals surface area contributed by atoms with Gasteiger partial charge >= 0.3 is 0 Å². The molecule has 0 aliphatic carbocycles. The van der Waals surface area contributed by atoms with Crippen molar-refractivity contribution >= 4 is 33.7 Å². The number of benzene rings is 2. The van der Waals surface area contributed by atoms with E-state index in [0.717, 1.165) is 17.7 Å². The van der Waals surface area contributed by atoms with E-state index in [0.29, 0.717) is 27.9 Å². The van der Waals surface area contributed by atoms with Gasteiger partial charge in [-0.15, -0.1) is 0 Å². The number of aliphatic imine (C=N–C) groups is 1. The zero-order valence-corrected chi connectivity index (χ0v) is 16.9. The van der Waals surface area contributed by atoms with Gasteiger partial charge in [0, 0.05) is 41.7 Å². The molecule has 0 saturated heterocycles. The first-order chi connectivity index (χ1) is 12.9. The summed E-state index contributed by atoms with van der Waals surface area (Å²) < 4.78 is 28.5. The number of aryl methyl sites for hydroxylation is 1. The van der Waals surface area contributed by atoms with Crippen molar-refractivity contribution in [1.82, 2.24) is 4.90 Å². The monoisotopic (exact) mass is 435 g/mol. The van der Waals surface area contributed by atoms with Crippen LogP contribution in [0.2, 0.25) is 0 Å². The summed E-state index contributed by atoms with van der Waals surface area (Å²) in [6, 6.07) is 7.53.